The molecule has 0 saturated carbocycles. The monoisotopic (exact) mass is 369 g/mol. The van der Waals surface area contributed by atoms with Gasteiger partial charge in [0.05, 0.1) is 29.7 Å². The van der Waals surface area contributed by atoms with Gasteiger partial charge in [-0.2, -0.15) is 0 Å². The summed E-state index contributed by atoms with van der Waals surface area (Å²) >= 11 is 0. The van der Waals surface area contributed by atoms with Crippen LogP contribution in [0.1, 0.15) is 17.3 Å². The average Bonchev–Trinajstić information content (AvgIpc) is 2.67. The van der Waals surface area contributed by atoms with Crippen molar-refractivity contribution < 1.29 is 18.3 Å². The fourth-order valence-corrected chi connectivity index (χ4v) is 2.44. The van der Waals surface area contributed by atoms with E-state index in [1.165, 1.54) is 24.5 Å². The number of rotatable bonds is 6. The van der Waals surface area contributed by atoms with Gasteiger partial charge in [0.1, 0.15) is 23.1 Å². The molecule has 2 N–H and O–H groups in total. The Morgan fingerprint density at radius 2 is 1.81 bits per heavy atom. The van der Waals surface area contributed by atoms with Crippen LogP contribution in [0.4, 0.5) is 25.8 Å². The molecule has 0 aliphatic carbocycles. The van der Waals surface area contributed by atoms with Crippen molar-refractivity contribution in [2.45, 2.75) is 6.92 Å². The lowest BCUT2D eigenvalue weighted by Gasteiger charge is -2.13. The zero-order valence-electron chi connectivity index (χ0n) is 14.5. The number of nitrogens with one attached hydrogen (secondary N) is 2. The summed E-state index contributed by atoms with van der Waals surface area (Å²) < 4.78 is 33.0. The highest BCUT2D eigenvalue weighted by molar-refractivity contribution is 6.04. The van der Waals surface area contributed by atoms with Crippen molar-refractivity contribution in [1.29, 1.82) is 0 Å². The molecule has 1 aromatic heterocycles. The van der Waals surface area contributed by atoms with Crippen LogP contribution in [-0.4, -0.2) is 17.5 Å². The molecule has 0 unspecified atom stereocenters. The number of pyridine rings is 1. The molecule has 3 aromatic rings. The molecular weight excluding hydrogens is 352 g/mol. The van der Waals surface area contributed by atoms with Gasteiger partial charge in [0, 0.05) is 6.20 Å². The van der Waals surface area contributed by atoms with E-state index in [1.54, 1.807) is 0 Å². The van der Waals surface area contributed by atoms with Gasteiger partial charge < -0.3 is 15.4 Å². The summed E-state index contributed by atoms with van der Waals surface area (Å²) in [5.41, 5.74) is 0.891. The zero-order valence-corrected chi connectivity index (χ0v) is 14.5. The van der Waals surface area contributed by atoms with E-state index in [4.69, 9.17) is 4.74 Å². The molecular formula is C20H17F2N3O2. The summed E-state index contributed by atoms with van der Waals surface area (Å²) in [7, 11) is 0. The molecule has 0 radical (unpaired) electrons. The topological polar surface area (TPSA) is 63.2 Å². The number of hydrogen-bond donors (Lipinski definition) is 2. The van der Waals surface area contributed by atoms with Gasteiger partial charge in [-0.05, 0) is 37.3 Å². The zero-order chi connectivity index (χ0) is 19.2. The lowest BCUT2D eigenvalue weighted by atomic mass is 10.2. The maximum Gasteiger partial charge on any atom is 0.257 e. The first-order valence-electron chi connectivity index (χ1n) is 8.27. The largest absolute Gasteiger partial charge is 0.492 e. The van der Waals surface area contributed by atoms with E-state index >= 15 is 0 Å². The number of aromatic nitrogens is 1. The quantitative estimate of drug-likeness (QED) is 0.658. The van der Waals surface area contributed by atoms with Crippen LogP contribution in [0.5, 0.6) is 5.75 Å². The summed E-state index contributed by atoms with van der Waals surface area (Å²) in [6, 6.07) is 12.2. The lowest BCUT2D eigenvalue weighted by molar-refractivity contribution is 0.102. The van der Waals surface area contributed by atoms with Crippen molar-refractivity contribution in [3.63, 3.8) is 0 Å². The second-order valence-corrected chi connectivity index (χ2v) is 5.57. The lowest BCUT2D eigenvalue weighted by Crippen LogP contribution is -2.14. The van der Waals surface area contributed by atoms with Crippen molar-refractivity contribution in [3.05, 3.63) is 78.1 Å². The molecule has 2 aromatic carbocycles. The highest BCUT2D eigenvalue weighted by atomic mass is 19.1. The summed E-state index contributed by atoms with van der Waals surface area (Å²) in [4.78, 5) is 16.4. The molecule has 0 bridgehead atoms. The van der Waals surface area contributed by atoms with Crippen molar-refractivity contribution in [3.8, 4) is 5.75 Å². The summed E-state index contributed by atoms with van der Waals surface area (Å²) in [6.45, 7) is 2.39. The maximum absolute atomic E-state index is 13.7. The Kier molecular flexibility index (Phi) is 5.61. The number of anilines is 3. The second kappa shape index (κ2) is 8.27. The molecule has 3 rings (SSSR count). The number of nitrogens with zero attached hydrogens (tertiary/aromatic N) is 1. The van der Waals surface area contributed by atoms with Crippen LogP contribution in [0, 0.1) is 11.6 Å². The summed E-state index contributed by atoms with van der Waals surface area (Å²) in [6.07, 6.45) is 2.84. The average molecular weight is 369 g/mol. The first kappa shape index (κ1) is 18.3. The molecule has 0 aliphatic heterocycles. The highest BCUT2D eigenvalue weighted by Crippen LogP contribution is 2.27. The van der Waals surface area contributed by atoms with Crippen LogP contribution in [0.3, 0.4) is 0 Å². The predicted octanol–water partition coefficient (Wildman–Crippen LogP) is 4.75. The fraction of sp³-hybridized carbons (Fsp3) is 0.100. The van der Waals surface area contributed by atoms with E-state index in [0.29, 0.717) is 23.7 Å². The van der Waals surface area contributed by atoms with Gasteiger partial charge in [0.2, 0.25) is 0 Å². The molecule has 0 atom stereocenters. The number of hydrogen-bond acceptors (Lipinski definition) is 4. The number of amides is 1. The van der Waals surface area contributed by atoms with Gasteiger partial charge in [-0.15, -0.1) is 0 Å². The van der Waals surface area contributed by atoms with Crippen LogP contribution in [0.15, 0.2) is 60.9 Å². The predicted molar refractivity (Wildman–Crippen MR) is 99.4 cm³/mol. The van der Waals surface area contributed by atoms with E-state index in [1.807, 2.05) is 31.2 Å². The van der Waals surface area contributed by atoms with Gasteiger partial charge >= 0.3 is 0 Å². The van der Waals surface area contributed by atoms with Crippen LogP contribution in [0.2, 0.25) is 0 Å². The van der Waals surface area contributed by atoms with Crippen molar-refractivity contribution >= 4 is 23.0 Å². The van der Waals surface area contributed by atoms with E-state index in [2.05, 4.69) is 15.6 Å². The van der Waals surface area contributed by atoms with Gasteiger partial charge in [-0.3, -0.25) is 9.78 Å². The van der Waals surface area contributed by atoms with Gasteiger partial charge in [-0.25, -0.2) is 8.78 Å². The van der Waals surface area contributed by atoms with E-state index in [9.17, 15) is 13.6 Å². The van der Waals surface area contributed by atoms with Crippen LogP contribution in [0.25, 0.3) is 0 Å². The molecule has 27 heavy (non-hydrogen) atoms. The minimum Gasteiger partial charge on any atom is -0.492 e. The number of halogens is 2. The van der Waals surface area contributed by atoms with E-state index in [-0.39, 0.29) is 5.56 Å². The van der Waals surface area contributed by atoms with Crippen LogP contribution >= 0.6 is 0 Å². The van der Waals surface area contributed by atoms with Crippen molar-refractivity contribution in [1.82, 2.24) is 4.98 Å². The van der Waals surface area contributed by atoms with Crippen molar-refractivity contribution in [2.24, 2.45) is 0 Å². The SMILES string of the molecule is CCOc1ccccc1Nc1cncc(C(=O)Nc2c(F)cccc2F)c1. The molecule has 1 amide bonds. The minimum atomic E-state index is -0.851. The molecule has 7 heteroatoms. The first-order valence-corrected chi connectivity index (χ1v) is 8.27. The fourth-order valence-electron chi connectivity index (χ4n) is 2.44. The summed E-state index contributed by atoms with van der Waals surface area (Å²) in [5.74, 6) is -1.72. The number of ether oxygens (including phenoxy) is 1. The van der Waals surface area contributed by atoms with Crippen LogP contribution in [-0.2, 0) is 0 Å². The Morgan fingerprint density at radius 1 is 1.07 bits per heavy atom. The Hall–Kier alpha value is -3.48. The highest BCUT2D eigenvalue weighted by Gasteiger charge is 2.14. The molecule has 0 aliphatic rings. The Morgan fingerprint density at radius 3 is 2.56 bits per heavy atom. The molecule has 0 saturated heterocycles. The van der Waals surface area contributed by atoms with E-state index in [0.717, 1.165) is 12.1 Å². The number of benzene rings is 2. The summed E-state index contributed by atoms with van der Waals surface area (Å²) in [5, 5.41) is 5.36. The molecule has 138 valence electrons. The smallest absolute Gasteiger partial charge is 0.257 e. The molecule has 0 spiro atoms. The number of carbonyl (C=O) groups excluding carboxylic acids is 1. The van der Waals surface area contributed by atoms with Gasteiger partial charge in [0.25, 0.3) is 5.91 Å². The minimum absolute atomic E-state index is 0.150. The molecule has 1 heterocycles. The van der Waals surface area contributed by atoms with Gasteiger partial charge in [0.15, 0.2) is 0 Å². The third kappa shape index (κ3) is 4.38. The first-order chi connectivity index (χ1) is 13.1. The standard InChI is InChI=1S/C20H17F2N3O2/c1-2-27-18-9-4-3-8-17(18)24-14-10-13(11-23-12-14)20(26)25-19-15(21)6-5-7-16(19)22/h3-12,24H,2H2,1H3,(H,25,26). The second-order valence-electron chi connectivity index (χ2n) is 5.57. The normalized spacial score (nSPS) is 10.3. The third-order valence-electron chi connectivity index (χ3n) is 3.67. The third-order valence-corrected chi connectivity index (χ3v) is 3.67. The number of para-hydroxylation sites is 3. The van der Waals surface area contributed by atoms with Crippen molar-refractivity contribution in [2.75, 3.05) is 17.2 Å². The van der Waals surface area contributed by atoms with Crippen LogP contribution < -0.4 is 15.4 Å². The molecule has 5 nitrogen and oxygen atoms in total. The maximum atomic E-state index is 13.7. The Labute approximate surface area is 155 Å². The number of carbonyl (C=O) groups is 1. The molecule has 0 fully saturated rings. The Bertz CT molecular complexity index is 943. The van der Waals surface area contributed by atoms with E-state index < -0.39 is 23.2 Å². The van der Waals surface area contributed by atoms with Gasteiger partial charge in [-0.1, -0.05) is 18.2 Å². The Balaban J connectivity index is 1.81.